The summed E-state index contributed by atoms with van der Waals surface area (Å²) in [4.78, 5) is 26.6. The maximum atomic E-state index is 12.6. The molecule has 2 unspecified atom stereocenters. The summed E-state index contributed by atoms with van der Waals surface area (Å²) in [7, 11) is 0. The Hall–Kier alpha value is -1.64. The second-order valence-electron chi connectivity index (χ2n) is 6.32. The summed E-state index contributed by atoms with van der Waals surface area (Å²) in [6, 6.07) is 6.12. The van der Waals surface area contributed by atoms with Crippen molar-refractivity contribution in [1.29, 1.82) is 0 Å². The lowest BCUT2D eigenvalue weighted by molar-refractivity contribution is -0.122. The fourth-order valence-electron chi connectivity index (χ4n) is 4.11. The first kappa shape index (κ1) is 12.1. The van der Waals surface area contributed by atoms with Crippen LogP contribution in [0, 0.1) is 11.8 Å². The highest BCUT2D eigenvalue weighted by Crippen LogP contribution is 2.40. The molecule has 2 amide bonds. The Labute approximate surface area is 119 Å². The number of hydrogen-bond donors (Lipinski definition) is 0. The van der Waals surface area contributed by atoms with Gasteiger partial charge < -0.3 is 0 Å². The van der Waals surface area contributed by atoms with Gasteiger partial charge in [-0.1, -0.05) is 18.9 Å². The van der Waals surface area contributed by atoms with Crippen LogP contribution in [-0.4, -0.2) is 11.8 Å². The molecule has 1 aromatic rings. The van der Waals surface area contributed by atoms with E-state index in [0.29, 0.717) is 0 Å². The monoisotopic (exact) mass is 269 g/mol. The number of nitrogens with zero attached hydrogens (tertiary/aromatic N) is 1. The summed E-state index contributed by atoms with van der Waals surface area (Å²) in [6.07, 6.45) is 7.32. The molecular formula is C17H19NO2. The zero-order valence-corrected chi connectivity index (χ0v) is 11.6. The molecular weight excluding hydrogens is 250 g/mol. The van der Waals surface area contributed by atoms with Crippen molar-refractivity contribution >= 4 is 17.5 Å². The van der Waals surface area contributed by atoms with Crippen molar-refractivity contribution in [1.82, 2.24) is 0 Å². The average Bonchev–Trinajstić information content (AvgIpc) is 3.03. The molecule has 3 nitrogen and oxygen atoms in total. The third-order valence-electron chi connectivity index (χ3n) is 5.18. The molecule has 3 aliphatic rings. The summed E-state index contributed by atoms with van der Waals surface area (Å²) in [5.74, 6) is -0.0238. The Morgan fingerprint density at radius 3 is 2.20 bits per heavy atom. The van der Waals surface area contributed by atoms with Gasteiger partial charge in [-0.05, 0) is 55.4 Å². The first-order chi connectivity index (χ1) is 9.75. The SMILES string of the molecule is O=C1C2CCCCC2C(=O)N1c1ccc2c(c1)CCC2. The molecule has 0 bridgehead atoms. The summed E-state index contributed by atoms with van der Waals surface area (Å²) in [5, 5.41) is 0. The van der Waals surface area contributed by atoms with Crippen LogP contribution in [0.15, 0.2) is 18.2 Å². The summed E-state index contributed by atoms with van der Waals surface area (Å²) in [6.45, 7) is 0. The van der Waals surface area contributed by atoms with E-state index in [0.717, 1.165) is 44.2 Å². The number of carbonyl (C=O) groups is 2. The fraction of sp³-hybridized carbons (Fsp3) is 0.529. The minimum Gasteiger partial charge on any atom is -0.274 e. The van der Waals surface area contributed by atoms with Crippen LogP contribution in [-0.2, 0) is 22.4 Å². The van der Waals surface area contributed by atoms with Crippen molar-refractivity contribution in [2.75, 3.05) is 4.90 Å². The van der Waals surface area contributed by atoms with Gasteiger partial charge in [0.2, 0.25) is 11.8 Å². The normalized spacial score (nSPS) is 28.7. The molecule has 2 aliphatic carbocycles. The van der Waals surface area contributed by atoms with Crippen LogP contribution in [0.2, 0.25) is 0 Å². The van der Waals surface area contributed by atoms with Crippen molar-refractivity contribution in [3.05, 3.63) is 29.3 Å². The van der Waals surface area contributed by atoms with Gasteiger partial charge in [-0.25, -0.2) is 0 Å². The van der Waals surface area contributed by atoms with Crippen molar-refractivity contribution < 1.29 is 9.59 Å². The number of imide groups is 1. The maximum absolute atomic E-state index is 12.6. The Balaban J connectivity index is 1.71. The first-order valence-corrected chi connectivity index (χ1v) is 7.75. The lowest BCUT2D eigenvalue weighted by Crippen LogP contribution is -2.30. The van der Waals surface area contributed by atoms with E-state index in [1.54, 1.807) is 0 Å². The number of benzene rings is 1. The number of carbonyl (C=O) groups excluding carboxylic acids is 2. The second-order valence-corrected chi connectivity index (χ2v) is 6.32. The molecule has 1 heterocycles. The highest BCUT2D eigenvalue weighted by atomic mass is 16.2. The zero-order valence-electron chi connectivity index (χ0n) is 11.6. The van der Waals surface area contributed by atoms with Gasteiger partial charge in [-0.3, -0.25) is 14.5 Å². The minimum absolute atomic E-state index is 0.0395. The van der Waals surface area contributed by atoms with Gasteiger partial charge >= 0.3 is 0 Å². The molecule has 0 aromatic heterocycles. The molecule has 1 saturated carbocycles. The van der Waals surface area contributed by atoms with Crippen LogP contribution in [0.4, 0.5) is 5.69 Å². The first-order valence-electron chi connectivity index (χ1n) is 7.75. The standard InChI is InChI=1S/C17H19NO2/c19-16-14-6-1-2-7-15(14)17(20)18(16)13-9-8-11-4-3-5-12(11)10-13/h8-10,14-15H,1-7H2. The van der Waals surface area contributed by atoms with E-state index in [4.69, 9.17) is 0 Å². The molecule has 0 radical (unpaired) electrons. The van der Waals surface area contributed by atoms with Crippen LogP contribution in [0.1, 0.15) is 43.2 Å². The van der Waals surface area contributed by atoms with Gasteiger partial charge in [0, 0.05) is 0 Å². The molecule has 0 spiro atoms. The molecule has 3 heteroatoms. The van der Waals surface area contributed by atoms with E-state index in [1.807, 2.05) is 6.07 Å². The highest BCUT2D eigenvalue weighted by molar-refractivity contribution is 6.22. The van der Waals surface area contributed by atoms with Crippen LogP contribution < -0.4 is 4.90 Å². The Morgan fingerprint density at radius 2 is 1.50 bits per heavy atom. The number of aryl methyl sites for hydroxylation is 2. The lowest BCUT2D eigenvalue weighted by atomic mass is 9.81. The molecule has 2 fully saturated rings. The number of rotatable bonds is 1. The zero-order chi connectivity index (χ0) is 13.7. The number of fused-ring (bicyclic) bond motifs is 2. The van der Waals surface area contributed by atoms with Gasteiger partial charge in [-0.2, -0.15) is 0 Å². The predicted molar refractivity (Wildman–Crippen MR) is 76.4 cm³/mol. The third kappa shape index (κ3) is 1.65. The van der Waals surface area contributed by atoms with Crippen molar-refractivity contribution in [2.24, 2.45) is 11.8 Å². The van der Waals surface area contributed by atoms with Crippen LogP contribution in [0.25, 0.3) is 0 Å². The van der Waals surface area contributed by atoms with E-state index in [-0.39, 0.29) is 23.7 Å². The average molecular weight is 269 g/mol. The Kier molecular flexibility index (Phi) is 2.69. The van der Waals surface area contributed by atoms with Gasteiger partial charge in [0.15, 0.2) is 0 Å². The fourth-order valence-corrected chi connectivity index (χ4v) is 4.11. The van der Waals surface area contributed by atoms with E-state index >= 15 is 0 Å². The van der Waals surface area contributed by atoms with Crippen LogP contribution >= 0.6 is 0 Å². The van der Waals surface area contributed by atoms with E-state index in [9.17, 15) is 9.59 Å². The number of hydrogen-bond acceptors (Lipinski definition) is 2. The molecule has 4 rings (SSSR count). The van der Waals surface area contributed by atoms with E-state index in [2.05, 4.69) is 12.1 Å². The van der Waals surface area contributed by atoms with Crippen LogP contribution in [0.5, 0.6) is 0 Å². The van der Waals surface area contributed by atoms with Crippen molar-refractivity contribution in [3.63, 3.8) is 0 Å². The van der Waals surface area contributed by atoms with Gasteiger partial charge in [-0.15, -0.1) is 0 Å². The molecule has 1 aliphatic heterocycles. The largest absolute Gasteiger partial charge is 0.274 e. The minimum atomic E-state index is -0.0514. The lowest BCUT2D eigenvalue weighted by Gasteiger charge is -2.19. The summed E-state index contributed by atoms with van der Waals surface area (Å²) >= 11 is 0. The third-order valence-corrected chi connectivity index (χ3v) is 5.18. The summed E-state index contributed by atoms with van der Waals surface area (Å²) < 4.78 is 0. The molecule has 1 saturated heterocycles. The van der Waals surface area contributed by atoms with Gasteiger partial charge in [0.05, 0.1) is 17.5 Å². The molecule has 1 aromatic carbocycles. The smallest absolute Gasteiger partial charge is 0.237 e. The molecule has 104 valence electrons. The molecule has 0 N–H and O–H groups in total. The quantitative estimate of drug-likeness (QED) is 0.735. The Bertz CT molecular complexity index is 569. The maximum Gasteiger partial charge on any atom is 0.237 e. The van der Waals surface area contributed by atoms with Crippen molar-refractivity contribution in [3.8, 4) is 0 Å². The van der Waals surface area contributed by atoms with Gasteiger partial charge in [0.1, 0.15) is 0 Å². The van der Waals surface area contributed by atoms with Gasteiger partial charge in [0.25, 0.3) is 0 Å². The predicted octanol–water partition coefficient (Wildman–Crippen LogP) is 2.85. The highest BCUT2D eigenvalue weighted by Gasteiger charge is 2.48. The Morgan fingerprint density at radius 1 is 0.850 bits per heavy atom. The van der Waals surface area contributed by atoms with E-state index < -0.39 is 0 Å². The van der Waals surface area contributed by atoms with E-state index in [1.165, 1.54) is 22.4 Å². The second kappa shape index (κ2) is 4.44. The number of anilines is 1. The van der Waals surface area contributed by atoms with Crippen molar-refractivity contribution in [2.45, 2.75) is 44.9 Å². The number of amides is 2. The molecule has 20 heavy (non-hydrogen) atoms. The summed E-state index contributed by atoms with van der Waals surface area (Å²) in [5.41, 5.74) is 3.50. The molecule has 2 atom stereocenters. The van der Waals surface area contributed by atoms with Crippen LogP contribution in [0.3, 0.4) is 0 Å². The topological polar surface area (TPSA) is 37.4 Å².